The van der Waals surface area contributed by atoms with Gasteiger partial charge < -0.3 is 25.3 Å². The first kappa shape index (κ1) is 28.5. The average Bonchev–Trinajstić information content (AvgIpc) is 2.81. The fourth-order valence-electron chi connectivity index (χ4n) is 4.94. The zero-order chi connectivity index (χ0) is 28.8. The fourth-order valence-corrected chi connectivity index (χ4v) is 4.94. The Morgan fingerprint density at radius 2 is 1.74 bits per heavy atom. The summed E-state index contributed by atoms with van der Waals surface area (Å²) in [6.45, 7) is 3.09. The van der Waals surface area contributed by atoms with Gasteiger partial charge in [0.05, 0.1) is 37.4 Å². The van der Waals surface area contributed by atoms with Gasteiger partial charge in [-0.3, -0.25) is 0 Å². The van der Waals surface area contributed by atoms with Gasteiger partial charge in [-0.05, 0) is 32.0 Å². The first-order chi connectivity index (χ1) is 18.2. The predicted molar refractivity (Wildman–Crippen MR) is 133 cm³/mol. The lowest BCUT2D eigenvalue weighted by atomic mass is 9.67. The molecule has 1 heterocycles. The van der Waals surface area contributed by atoms with E-state index < -0.39 is 34.9 Å². The summed E-state index contributed by atoms with van der Waals surface area (Å²) in [5, 5.41) is 3.34. The Labute approximate surface area is 220 Å². The number of fused-ring (bicyclic) bond motifs is 1. The number of benzene rings is 2. The van der Waals surface area contributed by atoms with Crippen LogP contribution in [0.25, 0.3) is 10.9 Å². The molecule has 0 unspecified atom stereocenters. The third-order valence-electron chi connectivity index (χ3n) is 6.59. The minimum absolute atomic E-state index is 0.0705. The molecule has 0 saturated heterocycles. The van der Waals surface area contributed by atoms with Crippen LogP contribution < -0.4 is 20.5 Å². The molecule has 0 aliphatic heterocycles. The van der Waals surface area contributed by atoms with Crippen molar-refractivity contribution < 1.29 is 40.6 Å². The van der Waals surface area contributed by atoms with E-state index in [-0.39, 0.29) is 54.6 Å². The van der Waals surface area contributed by atoms with Crippen molar-refractivity contribution in [2.24, 2.45) is 5.41 Å². The van der Waals surface area contributed by atoms with Gasteiger partial charge in [0, 0.05) is 48.1 Å². The summed E-state index contributed by atoms with van der Waals surface area (Å²) in [5.74, 6) is -3.22. The standard InChI is InChI=1S/C26H28F6N4O3/c1-13(16-5-15(33)6-18(22(16)27)26(30,31)32)34-23-17-7-21(20(38-4)8-19(17)35-14(2)36-23)39-12-24(11-37-3)9-25(28,29)10-24/h5-8,13H,9-12,33H2,1-4H3,(H,34,35,36)/t13-/m1/s1. The van der Waals surface area contributed by atoms with Gasteiger partial charge >= 0.3 is 6.18 Å². The number of halogens is 6. The molecule has 1 aliphatic rings. The molecule has 2 aromatic carbocycles. The van der Waals surface area contributed by atoms with Crippen LogP contribution >= 0.6 is 0 Å². The van der Waals surface area contributed by atoms with Gasteiger partial charge in [0.1, 0.15) is 17.5 Å². The van der Waals surface area contributed by atoms with Gasteiger partial charge in [-0.2, -0.15) is 13.2 Å². The lowest BCUT2D eigenvalue weighted by molar-refractivity contribution is -0.190. The number of ether oxygens (including phenoxy) is 3. The highest BCUT2D eigenvalue weighted by Gasteiger charge is 2.57. The van der Waals surface area contributed by atoms with Crippen LogP contribution in [0, 0.1) is 18.2 Å². The number of rotatable bonds is 9. The highest BCUT2D eigenvalue weighted by atomic mass is 19.4. The Morgan fingerprint density at radius 1 is 1.05 bits per heavy atom. The summed E-state index contributed by atoms with van der Waals surface area (Å²) in [6.07, 6.45) is -5.70. The fraction of sp³-hybridized carbons (Fsp3) is 0.462. The molecule has 1 saturated carbocycles. The molecule has 3 N–H and O–H groups in total. The van der Waals surface area contributed by atoms with E-state index in [2.05, 4.69) is 15.3 Å². The molecule has 39 heavy (non-hydrogen) atoms. The van der Waals surface area contributed by atoms with Crippen molar-refractivity contribution in [3.8, 4) is 11.5 Å². The zero-order valence-corrected chi connectivity index (χ0v) is 21.7. The van der Waals surface area contributed by atoms with Crippen LogP contribution in [0.15, 0.2) is 24.3 Å². The molecule has 1 fully saturated rings. The van der Waals surface area contributed by atoms with Gasteiger partial charge in [0.25, 0.3) is 0 Å². The summed E-state index contributed by atoms with van der Waals surface area (Å²) in [4.78, 5) is 8.74. The number of hydrogen-bond acceptors (Lipinski definition) is 7. The maximum absolute atomic E-state index is 14.9. The molecule has 0 radical (unpaired) electrons. The number of aryl methyl sites for hydroxylation is 1. The molecule has 1 aliphatic carbocycles. The van der Waals surface area contributed by atoms with Crippen molar-refractivity contribution in [2.75, 3.05) is 38.5 Å². The molecule has 13 heteroatoms. The Bertz CT molecular complexity index is 1370. The number of alkyl halides is 5. The van der Waals surface area contributed by atoms with Crippen LogP contribution in [-0.2, 0) is 10.9 Å². The molecule has 1 atom stereocenters. The lowest BCUT2D eigenvalue weighted by Crippen LogP contribution is -2.52. The Morgan fingerprint density at radius 3 is 2.33 bits per heavy atom. The van der Waals surface area contributed by atoms with E-state index in [0.717, 1.165) is 6.07 Å². The molecule has 0 spiro atoms. The van der Waals surface area contributed by atoms with E-state index in [1.54, 1.807) is 13.0 Å². The molecule has 4 rings (SSSR count). The predicted octanol–water partition coefficient (Wildman–Crippen LogP) is 6.30. The third-order valence-corrected chi connectivity index (χ3v) is 6.59. The van der Waals surface area contributed by atoms with Crippen molar-refractivity contribution in [2.45, 2.75) is 44.8 Å². The van der Waals surface area contributed by atoms with E-state index in [0.29, 0.717) is 22.8 Å². The largest absolute Gasteiger partial charge is 0.493 e. The number of hydrogen-bond donors (Lipinski definition) is 2. The highest BCUT2D eigenvalue weighted by Crippen LogP contribution is 2.52. The summed E-state index contributed by atoms with van der Waals surface area (Å²) in [7, 11) is 2.83. The second kappa shape index (κ2) is 10.2. The topological polar surface area (TPSA) is 91.5 Å². The first-order valence-corrected chi connectivity index (χ1v) is 12.0. The molecule has 7 nitrogen and oxygen atoms in total. The SMILES string of the molecule is COCC1(COc2cc3c(N[C@H](C)c4cc(N)cc(C(F)(F)F)c4F)nc(C)nc3cc2OC)CC(F)(F)C1. The van der Waals surface area contributed by atoms with Gasteiger partial charge in [-0.1, -0.05) is 0 Å². The van der Waals surface area contributed by atoms with Crippen molar-refractivity contribution >= 4 is 22.4 Å². The van der Waals surface area contributed by atoms with E-state index >= 15 is 0 Å². The summed E-state index contributed by atoms with van der Waals surface area (Å²) >= 11 is 0. The summed E-state index contributed by atoms with van der Waals surface area (Å²) in [6, 6.07) is 3.79. The summed E-state index contributed by atoms with van der Waals surface area (Å²) in [5.41, 5.74) is 3.15. The van der Waals surface area contributed by atoms with Crippen LogP contribution in [0.5, 0.6) is 11.5 Å². The van der Waals surface area contributed by atoms with Gasteiger partial charge in [0.15, 0.2) is 11.5 Å². The number of nitrogens with zero attached hydrogens (tertiary/aromatic N) is 2. The monoisotopic (exact) mass is 558 g/mol. The Kier molecular flexibility index (Phi) is 7.50. The van der Waals surface area contributed by atoms with Crippen molar-refractivity contribution in [1.82, 2.24) is 9.97 Å². The molecular formula is C26H28F6N4O3. The van der Waals surface area contributed by atoms with Gasteiger partial charge in [-0.25, -0.2) is 23.1 Å². The molecule has 3 aromatic rings. The first-order valence-electron chi connectivity index (χ1n) is 12.0. The number of nitrogen functional groups attached to an aromatic ring is 1. The second-order valence-corrected chi connectivity index (χ2v) is 9.91. The van der Waals surface area contributed by atoms with E-state index in [9.17, 15) is 26.3 Å². The van der Waals surface area contributed by atoms with Gasteiger partial charge in [0.2, 0.25) is 5.92 Å². The molecular weight excluding hydrogens is 530 g/mol. The van der Waals surface area contributed by atoms with Crippen molar-refractivity contribution in [3.05, 3.63) is 47.0 Å². The number of nitrogens with one attached hydrogen (secondary N) is 1. The lowest BCUT2D eigenvalue weighted by Gasteiger charge is -2.46. The minimum Gasteiger partial charge on any atom is -0.493 e. The van der Waals surface area contributed by atoms with Crippen molar-refractivity contribution in [3.63, 3.8) is 0 Å². The number of nitrogens with two attached hydrogens (primary N) is 1. The third kappa shape index (κ3) is 5.92. The number of methoxy groups -OCH3 is 2. The Hall–Kier alpha value is -3.48. The zero-order valence-electron chi connectivity index (χ0n) is 21.7. The average molecular weight is 559 g/mol. The smallest absolute Gasteiger partial charge is 0.419 e. The quantitative estimate of drug-likeness (QED) is 0.235. The number of anilines is 2. The van der Waals surface area contributed by atoms with Crippen molar-refractivity contribution in [1.29, 1.82) is 0 Å². The molecule has 1 aromatic heterocycles. The molecule has 0 amide bonds. The van der Waals surface area contributed by atoms with E-state index in [4.69, 9.17) is 19.9 Å². The van der Waals surface area contributed by atoms with Crippen LogP contribution in [-0.4, -0.2) is 43.3 Å². The van der Waals surface area contributed by atoms with Crippen LogP contribution in [0.4, 0.5) is 37.8 Å². The Balaban J connectivity index is 1.69. The minimum atomic E-state index is -4.93. The van der Waals surface area contributed by atoms with Crippen LogP contribution in [0.2, 0.25) is 0 Å². The maximum atomic E-state index is 14.9. The van der Waals surface area contributed by atoms with E-state index in [1.807, 2.05) is 0 Å². The second-order valence-electron chi connectivity index (χ2n) is 9.91. The normalized spacial score (nSPS) is 17.0. The number of aromatic nitrogens is 2. The van der Waals surface area contributed by atoms with E-state index in [1.165, 1.54) is 27.2 Å². The maximum Gasteiger partial charge on any atom is 0.419 e. The molecule has 212 valence electrons. The van der Waals surface area contributed by atoms with Crippen LogP contribution in [0.3, 0.4) is 0 Å². The summed E-state index contributed by atoms with van der Waals surface area (Å²) < 4.78 is 98.7. The highest BCUT2D eigenvalue weighted by molar-refractivity contribution is 5.92. The van der Waals surface area contributed by atoms with Gasteiger partial charge in [-0.15, -0.1) is 0 Å². The van der Waals surface area contributed by atoms with Crippen LogP contribution in [0.1, 0.15) is 42.8 Å². The molecule has 0 bridgehead atoms.